The van der Waals surface area contributed by atoms with Crippen LogP contribution < -0.4 is 5.32 Å². The van der Waals surface area contributed by atoms with Crippen LogP contribution in [0.2, 0.25) is 0 Å². The summed E-state index contributed by atoms with van der Waals surface area (Å²) in [4.78, 5) is 0. The number of hydrogen-bond donors (Lipinski definition) is 1. The normalized spacial score (nSPS) is 13.5. The Bertz CT molecular complexity index is 410. The van der Waals surface area contributed by atoms with Crippen LogP contribution in [0.5, 0.6) is 0 Å². The Kier molecular flexibility index (Phi) is 6.49. The fourth-order valence-corrected chi connectivity index (χ4v) is 2.16. The van der Waals surface area contributed by atoms with Crippen LogP contribution in [0.25, 0.3) is 0 Å². The Balaban J connectivity index is 2.95. The van der Waals surface area contributed by atoms with Crippen molar-refractivity contribution in [3.05, 3.63) is 34.9 Å². The van der Waals surface area contributed by atoms with Gasteiger partial charge in [0.05, 0.1) is 5.56 Å². The van der Waals surface area contributed by atoms with E-state index in [2.05, 4.69) is 12.2 Å². The summed E-state index contributed by atoms with van der Waals surface area (Å²) in [7, 11) is 1.62. The van der Waals surface area contributed by atoms with Crippen molar-refractivity contribution in [3.8, 4) is 0 Å². The summed E-state index contributed by atoms with van der Waals surface area (Å²) in [5, 5.41) is 3.36. The third-order valence-electron chi connectivity index (χ3n) is 3.22. The minimum absolute atomic E-state index is 0.0252. The number of aryl methyl sites for hydroxylation is 1. The van der Waals surface area contributed by atoms with Gasteiger partial charge >= 0.3 is 6.18 Å². The molecule has 0 saturated heterocycles. The maximum absolute atomic E-state index is 12.7. The van der Waals surface area contributed by atoms with E-state index in [0.717, 1.165) is 31.0 Å². The van der Waals surface area contributed by atoms with Crippen molar-refractivity contribution in [2.45, 2.75) is 38.9 Å². The molecule has 0 fully saturated rings. The maximum atomic E-state index is 12.7. The summed E-state index contributed by atoms with van der Waals surface area (Å²) < 4.78 is 43.1. The summed E-state index contributed by atoms with van der Waals surface area (Å²) in [6.07, 6.45) is -2.58. The summed E-state index contributed by atoms with van der Waals surface area (Å²) in [6, 6.07) is 3.96. The predicted molar refractivity (Wildman–Crippen MR) is 73.7 cm³/mol. The lowest BCUT2D eigenvalue weighted by atomic mass is 9.96. The fraction of sp³-hybridized carbons (Fsp3) is 0.600. The molecule has 1 aromatic carbocycles. The first-order valence-electron chi connectivity index (χ1n) is 6.80. The molecule has 1 aromatic rings. The minimum Gasteiger partial charge on any atom is -0.385 e. The van der Waals surface area contributed by atoms with Crippen molar-refractivity contribution in [3.63, 3.8) is 0 Å². The SMILES string of the molecule is CCCNC(CCOC)c1ccc(C(F)(F)F)cc1C. The Morgan fingerprint density at radius 2 is 2.00 bits per heavy atom. The molecule has 1 atom stereocenters. The Labute approximate surface area is 118 Å². The van der Waals surface area contributed by atoms with Crippen molar-refractivity contribution < 1.29 is 17.9 Å². The van der Waals surface area contributed by atoms with E-state index in [1.165, 1.54) is 6.07 Å². The molecule has 1 N–H and O–H groups in total. The molecule has 0 amide bonds. The zero-order valence-corrected chi connectivity index (χ0v) is 12.2. The summed E-state index contributed by atoms with van der Waals surface area (Å²) in [6.45, 7) is 5.18. The van der Waals surface area contributed by atoms with Crippen molar-refractivity contribution in [2.75, 3.05) is 20.3 Å². The molecule has 1 unspecified atom stereocenters. The topological polar surface area (TPSA) is 21.3 Å². The van der Waals surface area contributed by atoms with Gasteiger partial charge in [0.2, 0.25) is 0 Å². The van der Waals surface area contributed by atoms with Crippen LogP contribution in [-0.2, 0) is 10.9 Å². The summed E-state index contributed by atoms with van der Waals surface area (Å²) in [5.74, 6) is 0. The molecule has 0 aliphatic rings. The second-order valence-electron chi connectivity index (χ2n) is 4.86. The Hall–Kier alpha value is -1.07. The number of nitrogens with one attached hydrogen (secondary N) is 1. The van der Waals surface area contributed by atoms with Crippen LogP contribution in [0.1, 0.15) is 42.5 Å². The van der Waals surface area contributed by atoms with E-state index >= 15 is 0 Å². The molecular formula is C15H22F3NO. The van der Waals surface area contributed by atoms with Crippen molar-refractivity contribution in [1.82, 2.24) is 5.32 Å². The van der Waals surface area contributed by atoms with Crippen molar-refractivity contribution in [1.29, 1.82) is 0 Å². The van der Waals surface area contributed by atoms with E-state index in [9.17, 15) is 13.2 Å². The molecule has 5 heteroatoms. The molecule has 0 aromatic heterocycles. The average Bonchev–Trinajstić information content (AvgIpc) is 2.38. The molecule has 0 spiro atoms. The van der Waals surface area contributed by atoms with Gasteiger partial charge in [0.1, 0.15) is 0 Å². The van der Waals surface area contributed by atoms with Gasteiger partial charge < -0.3 is 10.1 Å². The van der Waals surface area contributed by atoms with Gasteiger partial charge in [-0.15, -0.1) is 0 Å². The lowest BCUT2D eigenvalue weighted by Gasteiger charge is -2.21. The minimum atomic E-state index is -4.29. The van der Waals surface area contributed by atoms with Crippen LogP contribution in [0, 0.1) is 6.92 Å². The first-order chi connectivity index (χ1) is 9.40. The zero-order valence-electron chi connectivity index (χ0n) is 12.2. The average molecular weight is 289 g/mol. The van der Waals surface area contributed by atoms with Crippen LogP contribution >= 0.6 is 0 Å². The highest BCUT2D eigenvalue weighted by Crippen LogP contribution is 2.32. The molecule has 0 aliphatic carbocycles. The first-order valence-corrected chi connectivity index (χ1v) is 6.80. The second kappa shape index (κ2) is 7.64. The first kappa shape index (κ1) is 17.0. The molecule has 0 radical (unpaired) electrons. The van der Waals surface area contributed by atoms with Gasteiger partial charge in [-0.1, -0.05) is 13.0 Å². The van der Waals surface area contributed by atoms with Crippen LogP contribution in [0.3, 0.4) is 0 Å². The zero-order chi connectivity index (χ0) is 15.2. The van der Waals surface area contributed by atoms with Gasteiger partial charge in [0.15, 0.2) is 0 Å². The maximum Gasteiger partial charge on any atom is 0.416 e. The Morgan fingerprint density at radius 1 is 1.30 bits per heavy atom. The van der Waals surface area contributed by atoms with Gasteiger partial charge in [-0.3, -0.25) is 0 Å². The summed E-state index contributed by atoms with van der Waals surface area (Å²) in [5.41, 5.74) is 0.966. The number of methoxy groups -OCH3 is 1. The van der Waals surface area contributed by atoms with Gasteiger partial charge in [-0.2, -0.15) is 13.2 Å². The molecule has 2 nitrogen and oxygen atoms in total. The molecular weight excluding hydrogens is 267 g/mol. The number of ether oxygens (including phenoxy) is 1. The van der Waals surface area contributed by atoms with E-state index in [-0.39, 0.29) is 6.04 Å². The van der Waals surface area contributed by atoms with Gasteiger partial charge in [0.25, 0.3) is 0 Å². The highest BCUT2D eigenvalue weighted by Gasteiger charge is 2.31. The van der Waals surface area contributed by atoms with Crippen molar-refractivity contribution >= 4 is 0 Å². The number of benzene rings is 1. The molecule has 20 heavy (non-hydrogen) atoms. The quantitative estimate of drug-likeness (QED) is 0.816. The molecule has 0 heterocycles. The van der Waals surface area contributed by atoms with E-state index in [1.54, 1.807) is 20.1 Å². The predicted octanol–water partition coefficient (Wildman–Crippen LogP) is 4.09. The van der Waals surface area contributed by atoms with Crippen LogP contribution in [0.15, 0.2) is 18.2 Å². The highest BCUT2D eigenvalue weighted by atomic mass is 19.4. The standard InChI is InChI=1S/C15H22F3NO/c1-4-8-19-14(7-9-20-3)13-6-5-12(10-11(13)2)15(16,17)18/h5-6,10,14,19H,4,7-9H2,1-3H3. The number of rotatable bonds is 7. The van der Waals surface area contributed by atoms with E-state index in [1.807, 2.05) is 0 Å². The Morgan fingerprint density at radius 3 is 2.50 bits per heavy atom. The molecule has 114 valence electrons. The number of hydrogen-bond acceptors (Lipinski definition) is 2. The lowest BCUT2D eigenvalue weighted by molar-refractivity contribution is -0.137. The molecule has 1 rings (SSSR count). The monoisotopic (exact) mass is 289 g/mol. The van der Waals surface area contributed by atoms with E-state index in [0.29, 0.717) is 12.2 Å². The van der Waals surface area contributed by atoms with Crippen LogP contribution in [-0.4, -0.2) is 20.3 Å². The molecule has 0 saturated carbocycles. The second-order valence-corrected chi connectivity index (χ2v) is 4.86. The van der Waals surface area contributed by atoms with E-state index in [4.69, 9.17) is 4.74 Å². The smallest absolute Gasteiger partial charge is 0.385 e. The number of halogens is 3. The molecule has 0 bridgehead atoms. The third kappa shape index (κ3) is 4.80. The number of alkyl halides is 3. The third-order valence-corrected chi connectivity index (χ3v) is 3.22. The molecule has 0 aliphatic heterocycles. The fourth-order valence-electron chi connectivity index (χ4n) is 2.16. The van der Waals surface area contributed by atoms with Gasteiger partial charge in [0, 0.05) is 19.8 Å². The van der Waals surface area contributed by atoms with Crippen LogP contribution in [0.4, 0.5) is 13.2 Å². The highest BCUT2D eigenvalue weighted by molar-refractivity contribution is 5.34. The summed E-state index contributed by atoms with van der Waals surface area (Å²) >= 11 is 0. The van der Waals surface area contributed by atoms with Gasteiger partial charge in [-0.25, -0.2) is 0 Å². The van der Waals surface area contributed by atoms with Crippen molar-refractivity contribution in [2.24, 2.45) is 0 Å². The van der Waals surface area contributed by atoms with E-state index < -0.39 is 11.7 Å². The largest absolute Gasteiger partial charge is 0.416 e. The van der Waals surface area contributed by atoms with Gasteiger partial charge in [-0.05, 0) is 49.6 Å². The lowest BCUT2D eigenvalue weighted by Crippen LogP contribution is -2.24.